The molecule has 1 aromatic carbocycles. The minimum absolute atomic E-state index is 0.0139. The fourth-order valence-corrected chi connectivity index (χ4v) is 3.58. The van der Waals surface area contributed by atoms with Gasteiger partial charge in [-0.15, -0.1) is 0 Å². The summed E-state index contributed by atoms with van der Waals surface area (Å²) in [6.45, 7) is 2.74. The molecule has 26 heavy (non-hydrogen) atoms. The topological polar surface area (TPSA) is 79.9 Å². The Kier molecular flexibility index (Phi) is 4.86. The Morgan fingerprint density at radius 1 is 1.12 bits per heavy atom. The Bertz CT molecular complexity index is 683. The zero-order chi connectivity index (χ0) is 17.9. The van der Waals surface area contributed by atoms with Crippen LogP contribution in [0.15, 0.2) is 18.2 Å². The van der Waals surface area contributed by atoms with Gasteiger partial charge in [0.2, 0.25) is 5.91 Å². The van der Waals surface area contributed by atoms with Gasteiger partial charge in [0.1, 0.15) is 13.2 Å². The maximum absolute atomic E-state index is 12.3. The van der Waals surface area contributed by atoms with Crippen LogP contribution >= 0.6 is 0 Å². The standard InChI is InChI=1S/C19H25N3O4/c23-17(22-7-1-2-8-22)12-20-19(24)21-18(13-3-4-13)14-5-6-15-16(11-14)26-10-9-25-15/h5-6,11,13,18H,1-4,7-10,12H2,(H2,20,21,24). The van der Waals surface area contributed by atoms with Crippen molar-refractivity contribution in [3.63, 3.8) is 0 Å². The predicted molar refractivity (Wildman–Crippen MR) is 95.2 cm³/mol. The van der Waals surface area contributed by atoms with E-state index in [0.717, 1.165) is 55.8 Å². The van der Waals surface area contributed by atoms with Crippen LogP contribution in [0.4, 0.5) is 4.79 Å². The van der Waals surface area contributed by atoms with Crippen LogP contribution in [-0.4, -0.2) is 49.7 Å². The number of rotatable bonds is 5. The van der Waals surface area contributed by atoms with Crippen LogP contribution in [-0.2, 0) is 4.79 Å². The van der Waals surface area contributed by atoms with Crippen molar-refractivity contribution in [1.82, 2.24) is 15.5 Å². The Morgan fingerprint density at radius 3 is 2.58 bits per heavy atom. The number of carbonyl (C=O) groups is 2. The van der Waals surface area contributed by atoms with Crippen molar-refractivity contribution in [2.24, 2.45) is 5.92 Å². The Labute approximate surface area is 153 Å². The van der Waals surface area contributed by atoms with E-state index in [0.29, 0.717) is 19.1 Å². The molecule has 1 saturated heterocycles. The molecule has 0 spiro atoms. The highest BCUT2D eigenvalue weighted by Gasteiger charge is 2.34. The summed E-state index contributed by atoms with van der Waals surface area (Å²) < 4.78 is 11.2. The fourth-order valence-electron chi connectivity index (χ4n) is 3.58. The van der Waals surface area contributed by atoms with Crippen LogP contribution in [0.3, 0.4) is 0 Å². The number of hydrogen-bond acceptors (Lipinski definition) is 4. The van der Waals surface area contributed by atoms with Crippen LogP contribution in [0.2, 0.25) is 0 Å². The predicted octanol–water partition coefficient (Wildman–Crippen LogP) is 1.83. The first-order valence-corrected chi connectivity index (χ1v) is 9.42. The second-order valence-electron chi connectivity index (χ2n) is 7.13. The van der Waals surface area contributed by atoms with Crippen molar-refractivity contribution in [1.29, 1.82) is 0 Å². The van der Waals surface area contributed by atoms with E-state index in [-0.39, 0.29) is 24.5 Å². The molecule has 2 aliphatic heterocycles. The van der Waals surface area contributed by atoms with Crippen molar-refractivity contribution >= 4 is 11.9 Å². The molecule has 140 valence electrons. The number of fused-ring (bicyclic) bond motifs is 1. The Hall–Kier alpha value is -2.44. The first-order chi connectivity index (χ1) is 12.7. The van der Waals surface area contributed by atoms with E-state index < -0.39 is 0 Å². The molecule has 0 aromatic heterocycles. The lowest BCUT2D eigenvalue weighted by molar-refractivity contribution is -0.129. The molecule has 2 heterocycles. The largest absolute Gasteiger partial charge is 0.486 e. The minimum Gasteiger partial charge on any atom is -0.486 e. The summed E-state index contributed by atoms with van der Waals surface area (Å²) in [4.78, 5) is 26.2. The normalized spacial score (nSPS) is 19.8. The van der Waals surface area contributed by atoms with Gasteiger partial charge >= 0.3 is 6.03 Å². The van der Waals surface area contributed by atoms with Gasteiger partial charge in [0.05, 0.1) is 12.6 Å². The highest BCUT2D eigenvalue weighted by molar-refractivity contribution is 5.84. The van der Waals surface area contributed by atoms with Gasteiger partial charge in [-0.2, -0.15) is 0 Å². The number of benzene rings is 1. The molecule has 0 bridgehead atoms. The maximum atomic E-state index is 12.3. The number of nitrogens with zero attached hydrogens (tertiary/aromatic N) is 1. The third-order valence-electron chi connectivity index (χ3n) is 5.16. The van der Waals surface area contributed by atoms with Gasteiger partial charge in [-0.05, 0) is 49.3 Å². The molecule has 1 aliphatic carbocycles. The summed E-state index contributed by atoms with van der Waals surface area (Å²) in [5.41, 5.74) is 1.01. The average molecular weight is 359 g/mol. The zero-order valence-corrected chi connectivity index (χ0v) is 14.8. The third-order valence-corrected chi connectivity index (χ3v) is 5.16. The SMILES string of the molecule is O=C(NCC(=O)N1CCCC1)NC(c1ccc2c(c1)OCCO2)C1CC1. The first kappa shape index (κ1) is 17.0. The molecule has 3 amide bonds. The maximum Gasteiger partial charge on any atom is 0.315 e. The lowest BCUT2D eigenvalue weighted by atomic mass is 10.0. The lowest BCUT2D eigenvalue weighted by Crippen LogP contribution is -2.44. The van der Waals surface area contributed by atoms with Gasteiger partial charge in [-0.25, -0.2) is 4.79 Å². The third kappa shape index (κ3) is 3.86. The van der Waals surface area contributed by atoms with E-state index >= 15 is 0 Å². The van der Waals surface area contributed by atoms with Crippen LogP contribution in [0.5, 0.6) is 11.5 Å². The van der Waals surface area contributed by atoms with E-state index in [2.05, 4.69) is 10.6 Å². The zero-order valence-electron chi connectivity index (χ0n) is 14.8. The molecular formula is C19H25N3O4. The van der Waals surface area contributed by atoms with E-state index in [1.807, 2.05) is 18.2 Å². The fraction of sp³-hybridized carbons (Fsp3) is 0.579. The Balaban J connectivity index is 1.36. The number of likely N-dealkylation sites (tertiary alicyclic amines) is 1. The lowest BCUT2D eigenvalue weighted by Gasteiger charge is -2.23. The molecule has 1 unspecified atom stereocenters. The first-order valence-electron chi connectivity index (χ1n) is 9.42. The number of ether oxygens (including phenoxy) is 2. The second kappa shape index (κ2) is 7.43. The summed E-state index contributed by atoms with van der Waals surface area (Å²) in [5.74, 6) is 1.89. The minimum atomic E-state index is -0.302. The molecule has 1 aromatic rings. The van der Waals surface area contributed by atoms with Crippen LogP contribution in [0.25, 0.3) is 0 Å². The number of amides is 3. The van der Waals surface area contributed by atoms with Gasteiger partial charge < -0.3 is 25.0 Å². The van der Waals surface area contributed by atoms with Gasteiger partial charge in [0.15, 0.2) is 11.5 Å². The van der Waals surface area contributed by atoms with Crippen LogP contribution in [0.1, 0.15) is 37.3 Å². The number of nitrogens with one attached hydrogen (secondary N) is 2. The van der Waals surface area contributed by atoms with E-state index in [1.54, 1.807) is 4.90 Å². The highest BCUT2D eigenvalue weighted by atomic mass is 16.6. The van der Waals surface area contributed by atoms with Gasteiger partial charge in [-0.1, -0.05) is 6.07 Å². The number of urea groups is 1. The summed E-state index contributed by atoms with van der Waals surface area (Å²) in [7, 11) is 0. The average Bonchev–Trinajstić information content (AvgIpc) is 3.36. The quantitative estimate of drug-likeness (QED) is 0.841. The highest BCUT2D eigenvalue weighted by Crippen LogP contribution is 2.43. The second-order valence-corrected chi connectivity index (χ2v) is 7.13. The molecule has 7 heteroatoms. The molecule has 1 saturated carbocycles. The van der Waals surface area contributed by atoms with Gasteiger partial charge in [0, 0.05) is 13.1 Å². The molecular weight excluding hydrogens is 334 g/mol. The Morgan fingerprint density at radius 2 is 1.85 bits per heavy atom. The molecule has 1 atom stereocenters. The van der Waals surface area contributed by atoms with Gasteiger partial charge in [-0.3, -0.25) is 4.79 Å². The van der Waals surface area contributed by atoms with Crippen LogP contribution < -0.4 is 20.1 Å². The molecule has 4 rings (SSSR count). The summed E-state index contributed by atoms with van der Waals surface area (Å²) >= 11 is 0. The van der Waals surface area contributed by atoms with E-state index in [9.17, 15) is 9.59 Å². The molecule has 2 N–H and O–H groups in total. The molecule has 7 nitrogen and oxygen atoms in total. The smallest absolute Gasteiger partial charge is 0.315 e. The summed E-state index contributed by atoms with van der Waals surface area (Å²) in [6, 6.07) is 5.45. The van der Waals surface area contributed by atoms with Crippen molar-refractivity contribution in [3.05, 3.63) is 23.8 Å². The van der Waals surface area contributed by atoms with Crippen molar-refractivity contribution in [2.45, 2.75) is 31.7 Å². The van der Waals surface area contributed by atoms with E-state index in [4.69, 9.17) is 9.47 Å². The monoisotopic (exact) mass is 359 g/mol. The number of hydrogen-bond donors (Lipinski definition) is 2. The summed E-state index contributed by atoms with van der Waals surface area (Å²) in [5, 5.41) is 5.74. The summed E-state index contributed by atoms with van der Waals surface area (Å²) in [6.07, 6.45) is 4.27. The van der Waals surface area contributed by atoms with Crippen molar-refractivity contribution in [3.8, 4) is 11.5 Å². The van der Waals surface area contributed by atoms with E-state index in [1.165, 1.54) is 0 Å². The van der Waals surface area contributed by atoms with Crippen LogP contribution in [0, 0.1) is 5.92 Å². The number of carbonyl (C=O) groups excluding carboxylic acids is 2. The molecule has 0 radical (unpaired) electrons. The molecule has 2 fully saturated rings. The van der Waals surface area contributed by atoms with Gasteiger partial charge in [0.25, 0.3) is 0 Å². The van der Waals surface area contributed by atoms with Crippen molar-refractivity contribution in [2.75, 3.05) is 32.8 Å². The van der Waals surface area contributed by atoms with Crippen molar-refractivity contribution < 1.29 is 19.1 Å². The molecule has 3 aliphatic rings.